The van der Waals surface area contributed by atoms with Gasteiger partial charge in [-0.05, 0) is 67.3 Å². The first-order valence-electron chi connectivity index (χ1n) is 15.3. The summed E-state index contributed by atoms with van der Waals surface area (Å²) in [6.45, 7) is 9.69. The highest BCUT2D eigenvalue weighted by molar-refractivity contribution is 5.82. The predicted molar refractivity (Wildman–Crippen MR) is 170 cm³/mol. The van der Waals surface area contributed by atoms with E-state index < -0.39 is 5.60 Å². The van der Waals surface area contributed by atoms with Gasteiger partial charge in [-0.25, -0.2) is 4.79 Å². The molecule has 7 heteroatoms. The van der Waals surface area contributed by atoms with Crippen LogP contribution in [-0.2, 0) is 32.2 Å². The Labute approximate surface area is 255 Å². The van der Waals surface area contributed by atoms with Crippen molar-refractivity contribution in [2.45, 2.75) is 58.2 Å². The van der Waals surface area contributed by atoms with Gasteiger partial charge in [0, 0.05) is 18.7 Å². The minimum absolute atomic E-state index is 0.0622. The summed E-state index contributed by atoms with van der Waals surface area (Å²) in [5.41, 5.74) is 2.58. The summed E-state index contributed by atoms with van der Waals surface area (Å²) in [6, 6.07) is 24.7. The summed E-state index contributed by atoms with van der Waals surface area (Å²) in [5.74, 6) is 0.107. The maximum Gasteiger partial charge on any atom is 0.414 e. The molecule has 3 aromatic carbocycles. The van der Waals surface area contributed by atoms with Crippen LogP contribution in [0, 0.1) is 5.92 Å². The van der Waals surface area contributed by atoms with Gasteiger partial charge in [0.15, 0.2) is 0 Å². The second kappa shape index (κ2) is 14.8. The van der Waals surface area contributed by atoms with Crippen LogP contribution in [0.25, 0.3) is 10.8 Å². The van der Waals surface area contributed by atoms with Gasteiger partial charge in [-0.15, -0.1) is 0 Å². The SMILES string of the molecule is CC(C)(C)OC(=O)N1C=C(COCCOCc2ccccc2)C=CC1C1CCNCC1OCc1ccc2ccccc2c1. The van der Waals surface area contributed by atoms with Gasteiger partial charge in [-0.3, -0.25) is 4.90 Å². The monoisotopic (exact) mass is 584 g/mol. The van der Waals surface area contributed by atoms with Gasteiger partial charge in [-0.1, -0.05) is 78.9 Å². The standard InChI is InChI=1S/C36H44N2O5/c1-36(2,3)43-35(39)38-23-29(25-41-20-19-40-24-27-9-5-4-6-10-27)14-16-33(38)32-17-18-37-22-34(32)42-26-28-13-15-30-11-7-8-12-31(30)21-28/h4-16,21,23,32-34,37H,17-20,22,24-26H2,1-3H3. The van der Waals surface area contributed by atoms with Crippen LogP contribution in [0.5, 0.6) is 0 Å². The summed E-state index contributed by atoms with van der Waals surface area (Å²) in [5, 5.41) is 5.91. The summed E-state index contributed by atoms with van der Waals surface area (Å²) < 4.78 is 24.0. The first-order valence-corrected chi connectivity index (χ1v) is 15.3. The summed E-state index contributed by atoms with van der Waals surface area (Å²) in [6.07, 6.45) is 6.52. The van der Waals surface area contributed by atoms with Crippen LogP contribution in [0.15, 0.2) is 96.7 Å². The molecule has 2 heterocycles. The van der Waals surface area contributed by atoms with Crippen molar-refractivity contribution < 1.29 is 23.7 Å². The molecular weight excluding hydrogens is 540 g/mol. The molecule has 1 fully saturated rings. The van der Waals surface area contributed by atoms with Crippen molar-refractivity contribution in [2.75, 3.05) is 32.9 Å². The molecule has 0 aromatic heterocycles. The number of amides is 1. The minimum atomic E-state index is -0.608. The number of benzene rings is 3. The molecule has 2 aliphatic rings. The number of rotatable bonds is 11. The summed E-state index contributed by atoms with van der Waals surface area (Å²) in [4.78, 5) is 15.2. The molecule has 1 amide bonds. The zero-order chi connectivity index (χ0) is 30.1. The van der Waals surface area contributed by atoms with Crippen LogP contribution in [-0.4, -0.2) is 61.7 Å². The number of hydrogen-bond acceptors (Lipinski definition) is 6. The van der Waals surface area contributed by atoms with Crippen LogP contribution in [0.4, 0.5) is 4.79 Å². The molecule has 43 heavy (non-hydrogen) atoms. The number of ether oxygens (including phenoxy) is 4. The van der Waals surface area contributed by atoms with Crippen molar-refractivity contribution in [2.24, 2.45) is 5.92 Å². The fourth-order valence-corrected chi connectivity index (χ4v) is 5.57. The van der Waals surface area contributed by atoms with Crippen molar-refractivity contribution in [3.8, 4) is 0 Å². The molecule has 2 aliphatic heterocycles. The highest BCUT2D eigenvalue weighted by Gasteiger charge is 2.38. The Morgan fingerprint density at radius 1 is 0.884 bits per heavy atom. The Balaban J connectivity index is 1.21. The van der Waals surface area contributed by atoms with Gasteiger partial charge in [-0.2, -0.15) is 0 Å². The third-order valence-electron chi connectivity index (χ3n) is 7.68. The number of hydrogen-bond donors (Lipinski definition) is 1. The molecule has 0 aliphatic carbocycles. The van der Waals surface area contributed by atoms with E-state index in [1.807, 2.05) is 57.3 Å². The van der Waals surface area contributed by atoms with Crippen LogP contribution < -0.4 is 5.32 Å². The molecule has 0 bridgehead atoms. The van der Waals surface area contributed by atoms with Gasteiger partial charge < -0.3 is 24.3 Å². The van der Waals surface area contributed by atoms with E-state index in [0.29, 0.717) is 33.0 Å². The van der Waals surface area contributed by atoms with E-state index in [1.54, 1.807) is 4.90 Å². The van der Waals surface area contributed by atoms with Crippen LogP contribution in [0.3, 0.4) is 0 Å². The lowest BCUT2D eigenvalue weighted by Crippen LogP contribution is -2.53. The van der Waals surface area contributed by atoms with Gasteiger partial charge >= 0.3 is 6.09 Å². The molecule has 0 radical (unpaired) electrons. The van der Waals surface area contributed by atoms with Crippen molar-refractivity contribution in [3.05, 3.63) is 108 Å². The van der Waals surface area contributed by atoms with Gasteiger partial charge in [0.25, 0.3) is 0 Å². The van der Waals surface area contributed by atoms with E-state index in [9.17, 15) is 4.79 Å². The Bertz CT molecular complexity index is 1400. The number of carbonyl (C=O) groups is 1. The van der Waals surface area contributed by atoms with Crippen LogP contribution >= 0.6 is 0 Å². The van der Waals surface area contributed by atoms with Gasteiger partial charge in [0.2, 0.25) is 0 Å². The second-order valence-electron chi connectivity index (χ2n) is 12.2. The average Bonchev–Trinajstić information content (AvgIpc) is 3.01. The molecular formula is C36H44N2O5. The number of piperidine rings is 1. The van der Waals surface area contributed by atoms with Crippen molar-refractivity contribution in [1.82, 2.24) is 10.2 Å². The van der Waals surface area contributed by atoms with Crippen LogP contribution in [0.2, 0.25) is 0 Å². The number of carbonyl (C=O) groups excluding carboxylic acids is 1. The third kappa shape index (κ3) is 9.00. The molecule has 0 spiro atoms. The first kappa shape index (κ1) is 31.0. The zero-order valence-electron chi connectivity index (χ0n) is 25.5. The highest BCUT2D eigenvalue weighted by atomic mass is 16.6. The Morgan fingerprint density at radius 2 is 1.63 bits per heavy atom. The molecule has 3 aromatic rings. The molecule has 3 unspecified atom stereocenters. The fourth-order valence-electron chi connectivity index (χ4n) is 5.57. The number of nitrogens with zero attached hydrogens (tertiary/aromatic N) is 1. The number of fused-ring (bicyclic) bond motifs is 1. The molecule has 1 N–H and O–H groups in total. The number of nitrogens with one attached hydrogen (secondary N) is 1. The topological polar surface area (TPSA) is 69.3 Å². The molecule has 0 saturated carbocycles. The normalized spacial score (nSPS) is 20.7. The van der Waals surface area contributed by atoms with E-state index >= 15 is 0 Å². The summed E-state index contributed by atoms with van der Waals surface area (Å²) in [7, 11) is 0. The lowest BCUT2D eigenvalue weighted by atomic mass is 9.85. The van der Waals surface area contributed by atoms with E-state index in [2.05, 4.69) is 59.9 Å². The van der Waals surface area contributed by atoms with E-state index in [-0.39, 0.29) is 24.2 Å². The lowest BCUT2D eigenvalue weighted by Gasteiger charge is -2.41. The quantitative estimate of drug-likeness (QED) is 0.255. The Kier molecular flexibility index (Phi) is 10.7. The van der Waals surface area contributed by atoms with Crippen molar-refractivity contribution >= 4 is 16.9 Å². The van der Waals surface area contributed by atoms with E-state index in [0.717, 1.165) is 36.2 Å². The smallest absolute Gasteiger partial charge is 0.414 e. The van der Waals surface area contributed by atoms with Crippen LogP contribution in [0.1, 0.15) is 38.3 Å². The lowest BCUT2D eigenvalue weighted by molar-refractivity contribution is -0.0348. The average molecular weight is 585 g/mol. The fraction of sp³-hybridized carbons (Fsp3) is 0.417. The molecule has 228 valence electrons. The third-order valence-corrected chi connectivity index (χ3v) is 7.68. The maximum absolute atomic E-state index is 13.5. The Hall–Kier alpha value is -3.49. The van der Waals surface area contributed by atoms with Crippen molar-refractivity contribution in [1.29, 1.82) is 0 Å². The minimum Gasteiger partial charge on any atom is -0.443 e. The molecule has 1 saturated heterocycles. The van der Waals surface area contributed by atoms with Crippen molar-refractivity contribution in [3.63, 3.8) is 0 Å². The van der Waals surface area contributed by atoms with E-state index in [4.69, 9.17) is 18.9 Å². The van der Waals surface area contributed by atoms with Gasteiger partial charge in [0.1, 0.15) is 5.60 Å². The first-order chi connectivity index (χ1) is 20.9. The largest absolute Gasteiger partial charge is 0.443 e. The predicted octanol–water partition coefficient (Wildman–Crippen LogP) is 6.63. The zero-order valence-corrected chi connectivity index (χ0v) is 25.5. The van der Waals surface area contributed by atoms with E-state index in [1.165, 1.54) is 10.8 Å². The second-order valence-corrected chi connectivity index (χ2v) is 12.2. The molecule has 5 rings (SSSR count). The summed E-state index contributed by atoms with van der Waals surface area (Å²) >= 11 is 0. The molecule has 7 nitrogen and oxygen atoms in total. The highest BCUT2D eigenvalue weighted by Crippen LogP contribution is 2.30. The Morgan fingerprint density at radius 3 is 2.42 bits per heavy atom. The van der Waals surface area contributed by atoms with Gasteiger partial charge in [0.05, 0.1) is 45.2 Å². The maximum atomic E-state index is 13.5. The molecule has 3 atom stereocenters.